The summed E-state index contributed by atoms with van der Waals surface area (Å²) in [5.41, 5.74) is 0.605. The number of hydrogen-bond acceptors (Lipinski definition) is 1. The van der Waals surface area contributed by atoms with Crippen molar-refractivity contribution < 1.29 is 4.79 Å². The summed E-state index contributed by atoms with van der Waals surface area (Å²) in [5.74, 6) is -0.0580. The molecular formula is C15H21BrClNO. The molecule has 1 aromatic rings. The molecule has 0 spiro atoms. The van der Waals surface area contributed by atoms with Gasteiger partial charge in [-0.25, -0.2) is 0 Å². The van der Waals surface area contributed by atoms with Gasteiger partial charge in [0.25, 0.3) is 5.91 Å². The van der Waals surface area contributed by atoms with Crippen molar-refractivity contribution in [2.75, 3.05) is 0 Å². The van der Waals surface area contributed by atoms with Crippen LogP contribution < -0.4 is 5.32 Å². The molecule has 1 unspecified atom stereocenters. The van der Waals surface area contributed by atoms with E-state index in [1.165, 1.54) is 19.3 Å². The van der Waals surface area contributed by atoms with Crippen molar-refractivity contribution in [2.45, 2.75) is 52.0 Å². The lowest BCUT2D eigenvalue weighted by Crippen LogP contribution is -2.32. The number of amides is 1. The molecule has 1 amide bonds. The second-order valence-corrected chi connectivity index (χ2v) is 6.11. The van der Waals surface area contributed by atoms with E-state index in [0.29, 0.717) is 10.6 Å². The third kappa shape index (κ3) is 5.96. The largest absolute Gasteiger partial charge is 0.350 e. The Labute approximate surface area is 129 Å². The molecule has 0 aromatic heterocycles. The molecule has 0 radical (unpaired) electrons. The smallest absolute Gasteiger partial charge is 0.251 e. The van der Waals surface area contributed by atoms with Gasteiger partial charge in [0.1, 0.15) is 0 Å². The fraction of sp³-hybridized carbons (Fsp3) is 0.533. The van der Waals surface area contributed by atoms with Crippen LogP contribution in [-0.2, 0) is 0 Å². The van der Waals surface area contributed by atoms with Gasteiger partial charge in [0, 0.05) is 16.1 Å². The maximum absolute atomic E-state index is 12.0. The lowest BCUT2D eigenvalue weighted by atomic mass is 10.1. The lowest BCUT2D eigenvalue weighted by molar-refractivity contribution is 0.0938. The Morgan fingerprint density at radius 1 is 1.37 bits per heavy atom. The van der Waals surface area contributed by atoms with Crippen LogP contribution in [0.2, 0.25) is 5.02 Å². The van der Waals surface area contributed by atoms with E-state index >= 15 is 0 Å². The van der Waals surface area contributed by atoms with Crippen LogP contribution in [0.15, 0.2) is 22.7 Å². The molecule has 0 heterocycles. The lowest BCUT2D eigenvalue weighted by Gasteiger charge is -2.14. The van der Waals surface area contributed by atoms with Crippen LogP contribution in [-0.4, -0.2) is 11.9 Å². The Morgan fingerprint density at radius 3 is 2.74 bits per heavy atom. The summed E-state index contributed by atoms with van der Waals surface area (Å²) in [6.07, 6.45) is 5.92. The monoisotopic (exact) mass is 345 g/mol. The van der Waals surface area contributed by atoms with Gasteiger partial charge in [-0.3, -0.25) is 4.79 Å². The van der Waals surface area contributed by atoms with E-state index in [1.54, 1.807) is 18.2 Å². The molecule has 0 aliphatic carbocycles. The Balaban J connectivity index is 2.43. The summed E-state index contributed by atoms with van der Waals surface area (Å²) in [5, 5.41) is 3.57. The maximum atomic E-state index is 12.0. The van der Waals surface area contributed by atoms with Crippen LogP contribution in [0.1, 0.15) is 56.3 Å². The fourth-order valence-electron chi connectivity index (χ4n) is 1.89. The number of halogens is 2. The van der Waals surface area contributed by atoms with Crippen molar-refractivity contribution in [3.05, 3.63) is 33.3 Å². The Morgan fingerprint density at radius 2 is 2.11 bits per heavy atom. The zero-order valence-electron chi connectivity index (χ0n) is 11.5. The minimum atomic E-state index is -0.0580. The van der Waals surface area contributed by atoms with Crippen LogP contribution in [0.4, 0.5) is 0 Å². The molecule has 19 heavy (non-hydrogen) atoms. The molecule has 0 saturated carbocycles. The predicted molar refractivity (Wildman–Crippen MR) is 84.8 cm³/mol. The topological polar surface area (TPSA) is 29.1 Å². The molecule has 1 rings (SSSR count). The summed E-state index contributed by atoms with van der Waals surface area (Å²) < 4.78 is 0.804. The molecule has 1 N–H and O–H groups in total. The molecule has 106 valence electrons. The van der Waals surface area contributed by atoms with E-state index in [-0.39, 0.29) is 11.9 Å². The number of carbonyl (C=O) groups excluding carboxylic acids is 1. The Bertz CT molecular complexity index is 423. The van der Waals surface area contributed by atoms with Gasteiger partial charge in [0.2, 0.25) is 0 Å². The van der Waals surface area contributed by atoms with E-state index < -0.39 is 0 Å². The first-order valence-corrected chi connectivity index (χ1v) is 7.97. The number of benzene rings is 1. The quantitative estimate of drug-likeness (QED) is 0.676. The molecule has 0 aliphatic rings. The minimum Gasteiger partial charge on any atom is -0.350 e. The average molecular weight is 347 g/mol. The molecule has 1 atom stereocenters. The van der Waals surface area contributed by atoms with Gasteiger partial charge in [0.15, 0.2) is 0 Å². The first kappa shape index (κ1) is 16.5. The fourth-order valence-corrected chi connectivity index (χ4v) is 2.32. The Kier molecular flexibility index (Phi) is 7.47. The van der Waals surface area contributed by atoms with Gasteiger partial charge in [-0.1, -0.05) is 44.2 Å². The number of unbranched alkanes of at least 4 members (excludes halogenated alkanes) is 3. The van der Waals surface area contributed by atoms with E-state index in [0.717, 1.165) is 17.3 Å². The van der Waals surface area contributed by atoms with Crippen molar-refractivity contribution in [3.8, 4) is 0 Å². The molecule has 2 nitrogen and oxygen atoms in total. The van der Waals surface area contributed by atoms with Crippen molar-refractivity contribution in [1.29, 1.82) is 0 Å². The molecule has 0 fully saturated rings. The molecule has 1 aromatic carbocycles. The highest BCUT2D eigenvalue weighted by Gasteiger charge is 2.10. The summed E-state index contributed by atoms with van der Waals surface area (Å²) >= 11 is 9.30. The zero-order valence-corrected chi connectivity index (χ0v) is 13.9. The standard InChI is InChI=1S/C15H21BrClNO/c1-3-4-5-6-7-11(2)18-15(19)12-8-9-13(16)14(17)10-12/h8-11H,3-7H2,1-2H3,(H,18,19). The minimum absolute atomic E-state index is 0.0580. The van der Waals surface area contributed by atoms with Gasteiger partial charge in [-0.2, -0.15) is 0 Å². The van der Waals surface area contributed by atoms with Crippen molar-refractivity contribution in [1.82, 2.24) is 5.32 Å². The first-order valence-electron chi connectivity index (χ1n) is 6.80. The summed E-state index contributed by atoms with van der Waals surface area (Å²) in [6, 6.07) is 5.45. The van der Waals surface area contributed by atoms with Gasteiger partial charge >= 0.3 is 0 Å². The van der Waals surface area contributed by atoms with Crippen LogP contribution in [0, 0.1) is 0 Å². The number of nitrogens with one attached hydrogen (secondary N) is 1. The van der Waals surface area contributed by atoms with Gasteiger partial charge in [-0.05, 0) is 47.5 Å². The second-order valence-electron chi connectivity index (χ2n) is 4.85. The highest BCUT2D eigenvalue weighted by molar-refractivity contribution is 9.10. The molecule has 0 saturated heterocycles. The molecule has 4 heteroatoms. The van der Waals surface area contributed by atoms with E-state index in [2.05, 4.69) is 28.2 Å². The highest BCUT2D eigenvalue weighted by Crippen LogP contribution is 2.23. The predicted octanol–water partition coefficient (Wildman–Crippen LogP) is 5.19. The normalized spacial score (nSPS) is 12.2. The number of hydrogen-bond donors (Lipinski definition) is 1. The molecule has 0 aliphatic heterocycles. The third-order valence-electron chi connectivity index (χ3n) is 3.05. The summed E-state index contributed by atoms with van der Waals surface area (Å²) in [7, 11) is 0. The summed E-state index contributed by atoms with van der Waals surface area (Å²) in [4.78, 5) is 12.0. The van der Waals surface area contributed by atoms with Crippen molar-refractivity contribution in [3.63, 3.8) is 0 Å². The van der Waals surface area contributed by atoms with Crippen molar-refractivity contribution >= 4 is 33.4 Å². The van der Waals surface area contributed by atoms with Gasteiger partial charge in [0.05, 0.1) is 5.02 Å². The number of rotatable bonds is 7. The van der Waals surface area contributed by atoms with Crippen molar-refractivity contribution in [2.24, 2.45) is 0 Å². The van der Waals surface area contributed by atoms with Crippen LogP contribution in [0.5, 0.6) is 0 Å². The van der Waals surface area contributed by atoms with E-state index in [9.17, 15) is 4.79 Å². The SMILES string of the molecule is CCCCCCC(C)NC(=O)c1ccc(Br)c(Cl)c1. The first-order chi connectivity index (χ1) is 9.04. The highest BCUT2D eigenvalue weighted by atomic mass is 79.9. The van der Waals surface area contributed by atoms with Crippen LogP contribution >= 0.6 is 27.5 Å². The molecular weight excluding hydrogens is 326 g/mol. The van der Waals surface area contributed by atoms with E-state index in [4.69, 9.17) is 11.6 Å². The van der Waals surface area contributed by atoms with Gasteiger partial charge in [-0.15, -0.1) is 0 Å². The van der Waals surface area contributed by atoms with Crippen LogP contribution in [0.3, 0.4) is 0 Å². The zero-order chi connectivity index (χ0) is 14.3. The Hall–Kier alpha value is -0.540. The second kappa shape index (κ2) is 8.60. The summed E-state index contributed by atoms with van der Waals surface area (Å²) in [6.45, 7) is 4.24. The van der Waals surface area contributed by atoms with E-state index in [1.807, 2.05) is 6.92 Å². The maximum Gasteiger partial charge on any atom is 0.251 e. The average Bonchev–Trinajstić information content (AvgIpc) is 2.38. The number of carbonyl (C=O) groups is 1. The third-order valence-corrected chi connectivity index (χ3v) is 4.28. The van der Waals surface area contributed by atoms with Crippen LogP contribution in [0.25, 0.3) is 0 Å². The van der Waals surface area contributed by atoms with Gasteiger partial charge < -0.3 is 5.32 Å². The molecule has 0 bridgehead atoms.